The van der Waals surface area contributed by atoms with Crippen LogP contribution in [0.5, 0.6) is 5.75 Å². The number of benzene rings is 2. The Morgan fingerprint density at radius 1 is 1.00 bits per heavy atom. The monoisotopic (exact) mass is 309 g/mol. The molecule has 0 spiro atoms. The molecule has 3 rings (SSSR count). The van der Waals surface area contributed by atoms with Crippen molar-refractivity contribution >= 4 is 16.7 Å². The molecule has 5 nitrogen and oxygen atoms in total. The summed E-state index contributed by atoms with van der Waals surface area (Å²) >= 11 is 0. The molecular weight excluding hydrogens is 290 g/mol. The van der Waals surface area contributed by atoms with Crippen LogP contribution in [0.4, 0.5) is 5.82 Å². The van der Waals surface area contributed by atoms with Gasteiger partial charge in [-0.1, -0.05) is 24.3 Å². The number of nitrogens with one attached hydrogen (secondary N) is 1. The van der Waals surface area contributed by atoms with E-state index in [0.717, 1.165) is 35.4 Å². The molecule has 1 heterocycles. The SMILES string of the molecule is COCOc1ccc(CCNc2ncnc3ccccc23)cc1. The molecule has 3 aromatic rings. The zero-order chi connectivity index (χ0) is 15.9. The molecule has 0 atom stereocenters. The largest absolute Gasteiger partial charge is 0.468 e. The Morgan fingerprint density at radius 2 is 1.83 bits per heavy atom. The summed E-state index contributed by atoms with van der Waals surface area (Å²) in [5.41, 5.74) is 2.19. The molecule has 5 heteroatoms. The summed E-state index contributed by atoms with van der Waals surface area (Å²) in [6, 6.07) is 16.0. The Hall–Kier alpha value is -2.66. The van der Waals surface area contributed by atoms with E-state index in [1.807, 2.05) is 36.4 Å². The molecule has 0 aliphatic carbocycles. The van der Waals surface area contributed by atoms with Crippen molar-refractivity contribution in [3.8, 4) is 5.75 Å². The van der Waals surface area contributed by atoms with Gasteiger partial charge in [-0.05, 0) is 36.2 Å². The molecule has 1 aromatic heterocycles. The van der Waals surface area contributed by atoms with Gasteiger partial charge in [-0.2, -0.15) is 0 Å². The molecular formula is C18H19N3O2. The van der Waals surface area contributed by atoms with Crippen LogP contribution in [0.3, 0.4) is 0 Å². The van der Waals surface area contributed by atoms with Crippen LogP contribution >= 0.6 is 0 Å². The minimum absolute atomic E-state index is 0.266. The molecule has 0 amide bonds. The summed E-state index contributed by atoms with van der Waals surface area (Å²) in [6.07, 6.45) is 2.50. The Balaban J connectivity index is 1.58. The summed E-state index contributed by atoms with van der Waals surface area (Å²) in [5, 5.41) is 4.42. The molecule has 0 aliphatic heterocycles. The molecule has 0 unspecified atom stereocenters. The zero-order valence-electron chi connectivity index (χ0n) is 13.0. The second-order valence-electron chi connectivity index (χ2n) is 5.11. The fraction of sp³-hybridized carbons (Fsp3) is 0.222. The average molecular weight is 309 g/mol. The quantitative estimate of drug-likeness (QED) is 0.679. The Morgan fingerprint density at radius 3 is 2.65 bits per heavy atom. The highest BCUT2D eigenvalue weighted by Gasteiger charge is 2.02. The van der Waals surface area contributed by atoms with Crippen molar-refractivity contribution in [1.29, 1.82) is 0 Å². The molecule has 0 aliphatic rings. The fourth-order valence-electron chi connectivity index (χ4n) is 2.35. The predicted octanol–water partition coefficient (Wildman–Crippen LogP) is 3.27. The van der Waals surface area contributed by atoms with Crippen LogP contribution in [0, 0.1) is 0 Å². The van der Waals surface area contributed by atoms with Crippen molar-refractivity contribution in [2.75, 3.05) is 25.8 Å². The number of anilines is 1. The lowest BCUT2D eigenvalue weighted by Crippen LogP contribution is -2.07. The highest BCUT2D eigenvalue weighted by atomic mass is 16.7. The number of ether oxygens (including phenoxy) is 2. The molecule has 0 fully saturated rings. The molecule has 0 radical (unpaired) electrons. The van der Waals surface area contributed by atoms with E-state index in [4.69, 9.17) is 9.47 Å². The van der Waals surface area contributed by atoms with E-state index in [9.17, 15) is 0 Å². The predicted molar refractivity (Wildman–Crippen MR) is 90.7 cm³/mol. The molecule has 118 valence electrons. The summed E-state index contributed by atoms with van der Waals surface area (Å²) in [4.78, 5) is 8.60. The number of rotatable bonds is 7. The number of hydrogen-bond donors (Lipinski definition) is 1. The van der Waals surface area contributed by atoms with Gasteiger partial charge < -0.3 is 14.8 Å². The van der Waals surface area contributed by atoms with Crippen LogP contribution in [0.25, 0.3) is 10.9 Å². The van der Waals surface area contributed by atoms with Crippen LogP contribution in [0.15, 0.2) is 54.9 Å². The summed E-state index contributed by atoms with van der Waals surface area (Å²) in [5.74, 6) is 1.68. The number of hydrogen-bond acceptors (Lipinski definition) is 5. The van der Waals surface area contributed by atoms with Crippen LogP contribution in [0.2, 0.25) is 0 Å². The second kappa shape index (κ2) is 7.56. The van der Waals surface area contributed by atoms with Gasteiger partial charge in [-0.3, -0.25) is 0 Å². The zero-order valence-corrected chi connectivity index (χ0v) is 13.0. The number of aromatic nitrogens is 2. The first kappa shape index (κ1) is 15.2. The van der Waals surface area contributed by atoms with E-state index in [1.165, 1.54) is 5.56 Å². The topological polar surface area (TPSA) is 56.3 Å². The normalized spacial score (nSPS) is 10.7. The van der Waals surface area contributed by atoms with E-state index >= 15 is 0 Å². The number of fused-ring (bicyclic) bond motifs is 1. The second-order valence-corrected chi connectivity index (χ2v) is 5.11. The summed E-state index contributed by atoms with van der Waals surface area (Å²) in [6.45, 7) is 1.07. The van der Waals surface area contributed by atoms with E-state index in [1.54, 1.807) is 13.4 Å². The Labute approximate surface area is 135 Å². The van der Waals surface area contributed by atoms with Crippen LogP contribution in [-0.4, -0.2) is 30.4 Å². The first-order chi connectivity index (χ1) is 11.4. The third-order valence-electron chi connectivity index (χ3n) is 3.52. The average Bonchev–Trinajstić information content (AvgIpc) is 2.61. The van der Waals surface area contributed by atoms with Crippen LogP contribution in [0.1, 0.15) is 5.56 Å². The highest BCUT2D eigenvalue weighted by Crippen LogP contribution is 2.18. The molecule has 1 N–H and O–H groups in total. The number of methoxy groups -OCH3 is 1. The van der Waals surface area contributed by atoms with Crippen molar-refractivity contribution in [3.05, 3.63) is 60.4 Å². The van der Waals surface area contributed by atoms with Gasteiger partial charge in [0.1, 0.15) is 17.9 Å². The van der Waals surface area contributed by atoms with E-state index < -0.39 is 0 Å². The lowest BCUT2D eigenvalue weighted by Gasteiger charge is -2.09. The maximum atomic E-state index is 5.38. The summed E-state index contributed by atoms with van der Waals surface area (Å²) in [7, 11) is 1.61. The highest BCUT2D eigenvalue weighted by molar-refractivity contribution is 5.88. The first-order valence-electron chi connectivity index (χ1n) is 7.51. The molecule has 0 saturated carbocycles. The number of para-hydroxylation sites is 1. The molecule has 2 aromatic carbocycles. The van der Waals surface area contributed by atoms with Gasteiger partial charge in [0.15, 0.2) is 6.79 Å². The Bertz CT molecular complexity index is 754. The maximum Gasteiger partial charge on any atom is 0.188 e. The van der Waals surface area contributed by atoms with E-state index in [-0.39, 0.29) is 6.79 Å². The third kappa shape index (κ3) is 3.96. The maximum absolute atomic E-state index is 5.38. The standard InChI is InChI=1S/C18H19N3O2/c1-22-13-23-15-8-6-14(7-9-15)10-11-19-18-16-4-2-3-5-17(16)20-12-21-18/h2-9,12H,10-11,13H2,1H3,(H,19,20,21). The molecule has 0 bridgehead atoms. The lowest BCUT2D eigenvalue weighted by molar-refractivity contribution is 0.0511. The first-order valence-corrected chi connectivity index (χ1v) is 7.51. The van der Waals surface area contributed by atoms with Gasteiger partial charge in [0.05, 0.1) is 5.52 Å². The van der Waals surface area contributed by atoms with Gasteiger partial charge in [0.2, 0.25) is 0 Å². The minimum atomic E-state index is 0.266. The van der Waals surface area contributed by atoms with Crippen molar-refractivity contribution in [2.24, 2.45) is 0 Å². The van der Waals surface area contributed by atoms with Gasteiger partial charge in [-0.25, -0.2) is 9.97 Å². The minimum Gasteiger partial charge on any atom is -0.468 e. The van der Waals surface area contributed by atoms with Crippen molar-refractivity contribution in [1.82, 2.24) is 9.97 Å². The van der Waals surface area contributed by atoms with Gasteiger partial charge >= 0.3 is 0 Å². The van der Waals surface area contributed by atoms with Crippen molar-refractivity contribution < 1.29 is 9.47 Å². The smallest absolute Gasteiger partial charge is 0.188 e. The van der Waals surface area contributed by atoms with Crippen molar-refractivity contribution in [3.63, 3.8) is 0 Å². The van der Waals surface area contributed by atoms with Crippen LogP contribution in [-0.2, 0) is 11.2 Å². The Kier molecular flexibility index (Phi) is 5.01. The number of nitrogens with zero attached hydrogens (tertiary/aromatic N) is 2. The fourth-order valence-corrected chi connectivity index (χ4v) is 2.35. The molecule has 0 saturated heterocycles. The molecule has 23 heavy (non-hydrogen) atoms. The third-order valence-corrected chi connectivity index (χ3v) is 3.52. The van der Waals surface area contributed by atoms with Gasteiger partial charge in [-0.15, -0.1) is 0 Å². The van der Waals surface area contributed by atoms with E-state index in [2.05, 4.69) is 27.4 Å². The summed E-state index contributed by atoms with van der Waals surface area (Å²) < 4.78 is 10.3. The van der Waals surface area contributed by atoms with Crippen molar-refractivity contribution in [2.45, 2.75) is 6.42 Å². The van der Waals surface area contributed by atoms with Gasteiger partial charge in [0, 0.05) is 19.0 Å². The van der Waals surface area contributed by atoms with Crippen LogP contribution < -0.4 is 10.1 Å². The van der Waals surface area contributed by atoms with E-state index in [0.29, 0.717) is 0 Å². The lowest BCUT2D eigenvalue weighted by atomic mass is 10.1. The van der Waals surface area contributed by atoms with Gasteiger partial charge in [0.25, 0.3) is 0 Å².